The third kappa shape index (κ3) is 5.18. The number of hydrogen-bond donors (Lipinski definition) is 1. The molecule has 5 rings (SSSR count). The van der Waals surface area contributed by atoms with Crippen molar-refractivity contribution in [3.63, 3.8) is 0 Å². The molecule has 2 aromatic heterocycles. The maximum Gasteiger partial charge on any atom is 0.335 e. The minimum atomic E-state index is -1.01. The van der Waals surface area contributed by atoms with Crippen molar-refractivity contribution in [1.82, 2.24) is 9.47 Å². The number of fused-ring (bicyclic) bond motifs is 1. The Balaban J connectivity index is 1.64. The van der Waals surface area contributed by atoms with Crippen molar-refractivity contribution in [2.24, 2.45) is 4.99 Å². The number of carbonyl (C=O) groups is 2. The number of aromatic carboxylic acids is 1. The Hall–Kier alpha value is -4.21. The van der Waals surface area contributed by atoms with Gasteiger partial charge in [0.1, 0.15) is 11.5 Å². The molecule has 1 N–H and O–H groups in total. The fourth-order valence-electron chi connectivity index (χ4n) is 5.08. The van der Waals surface area contributed by atoms with Crippen LogP contribution in [0.3, 0.4) is 0 Å². The highest BCUT2D eigenvalue weighted by Gasteiger charge is 2.34. The van der Waals surface area contributed by atoms with Gasteiger partial charge < -0.3 is 14.4 Å². The molecule has 0 radical (unpaired) electrons. The minimum absolute atomic E-state index is 0.167. The molecule has 210 valence electrons. The van der Waals surface area contributed by atoms with Crippen LogP contribution < -0.4 is 14.9 Å². The van der Waals surface area contributed by atoms with Crippen LogP contribution in [0.5, 0.6) is 0 Å². The van der Waals surface area contributed by atoms with E-state index in [1.165, 1.54) is 11.3 Å². The quantitative estimate of drug-likeness (QED) is 0.326. The van der Waals surface area contributed by atoms with E-state index in [1.54, 1.807) is 71.9 Å². The first kappa shape index (κ1) is 28.3. The van der Waals surface area contributed by atoms with Crippen molar-refractivity contribution in [2.75, 3.05) is 13.1 Å². The third-order valence-electron chi connectivity index (χ3n) is 7.22. The van der Waals surface area contributed by atoms with E-state index in [1.807, 2.05) is 26.0 Å². The average molecular weight is 590 g/mol. The van der Waals surface area contributed by atoms with E-state index in [-0.39, 0.29) is 17.0 Å². The summed E-state index contributed by atoms with van der Waals surface area (Å²) in [7, 11) is 0. The number of carboxylic acid groups (broad SMARTS) is 1. The predicted molar refractivity (Wildman–Crippen MR) is 159 cm³/mol. The van der Waals surface area contributed by atoms with Gasteiger partial charge in [-0.15, -0.1) is 0 Å². The number of carbonyl (C=O) groups excluding carboxylic acids is 1. The van der Waals surface area contributed by atoms with E-state index in [0.717, 1.165) is 5.56 Å². The first-order valence-electron chi connectivity index (χ1n) is 13.1. The number of carboxylic acids is 1. The number of nitrogens with zero attached hydrogens (tertiary/aromatic N) is 3. The van der Waals surface area contributed by atoms with E-state index in [0.29, 0.717) is 61.4 Å². The summed E-state index contributed by atoms with van der Waals surface area (Å²) in [5.74, 6) is -0.253. The molecule has 1 atom stereocenters. The number of amides is 1. The van der Waals surface area contributed by atoms with Gasteiger partial charge in [-0.1, -0.05) is 47.2 Å². The topological polar surface area (TPSA) is 105 Å². The molecule has 0 aliphatic carbocycles. The second kappa shape index (κ2) is 11.3. The molecule has 0 fully saturated rings. The van der Waals surface area contributed by atoms with E-state index < -0.39 is 12.0 Å². The molecule has 0 spiro atoms. The van der Waals surface area contributed by atoms with E-state index in [4.69, 9.17) is 16.0 Å². The monoisotopic (exact) mass is 589 g/mol. The summed E-state index contributed by atoms with van der Waals surface area (Å²) in [5, 5.41) is 10.0. The van der Waals surface area contributed by atoms with Gasteiger partial charge in [0.15, 0.2) is 4.80 Å². The number of halogens is 1. The summed E-state index contributed by atoms with van der Waals surface area (Å²) in [6.07, 6.45) is 1.65. The molecular formula is C31H28ClN3O5S. The zero-order chi connectivity index (χ0) is 29.4. The number of benzene rings is 2. The lowest BCUT2D eigenvalue weighted by Gasteiger charge is -2.29. The molecule has 0 bridgehead atoms. The van der Waals surface area contributed by atoms with Gasteiger partial charge in [0.05, 0.1) is 27.4 Å². The molecule has 1 aliphatic rings. The van der Waals surface area contributed by atoms with Crippen molar-refractivity contribution < 1.29 is 19.1 Å². The maximum absolute atomic E-state index is 13.9. The fraction of sp³-hybridized carbons (Fsp3) is 0.226. The first-order chi connectivity index (χ1) is 19.6. The normalized spacial score (nSPS) is 15.0. The van der Waals surface area contributed by atoms with E-state index >= 15 is 0 Å². The van der Waals surface area contributed by atoms with Crippen LogP contribution in [0.4, 0.5) is 0 Å². The highest BCUT2D eigenvalue weighted by Crippen LogP contribution is 2.32. The first-order valence-corrected chi connectivity index (χ1v) is 14.3. The van der Waals surface area contributed by atoms with Crippen molar-refractivity contribution in [3.05, 3.63) is 113 Å². The molecule has 0 unspecified atom stereocenters. The Morgan fingerprint density at radius 2 is 1.80 bits per heavy atom. The minimum Gasteiger partial charge on any atom is -0.478 e. The van der Waals surface area contributed by atoms with Crippen molar-refractivity contribution in [1.29, 1.82) is 0 Å². The van der Waals surface area contributed by atoms with Crippen LogP contribution in [0, 0.1) is 6.92 Å². The molecule has 4 aromatic rings. The summed E-state index contributed by atoms with van der Waals surface area (Å²) >= 11 is 7.38. The van der Waals surface area contributed by atoms with Gasteiger partial charge in [0.25, 0.3) is 11.5 Å². The van der Waals surface area contributed by atoms with E-state index in [2.05, 4.69) is 4.99 Å². The second-order valence-corrected chi connectivity index (χ2v) is 11.0. The van der Waals surface area contributed by atoms with Crippen LogP contribution >= 0.6 is 22.9 Å². The average Bonchev–Trinajstić information content (AvgIpc) is 3.53. The predicted octanol–water partition coefficient (Wildman–Crippen LogP) is 5.02. The summed E-state index contributed by atoms with van der Waals surface area (Å²) in [6, 6.07) is 15.0. The van der Waals surface area contributed by atoms with Crippen molar-refractivity contribution >= 4 is 40.9 Å². The Bertz CT molecular complexity index is 1880. The Morgan fingerprint density at radius 1 is 1.10 bits per heavy atom. The highest BCUT2D eigenvalue weighted by atomic mass is 35.5. The smallest absolute Gasteiger partial charge is 0.335 e. The standard InChI is InChI=1S/C31H28ClN3O5S/c1-5-34(6-2)29(37)26-18(4)33-31-35(27(26)19-10-12-20(32)13-11-19)28(36)25(41-31)16-21-14-15-24(40-21)22-8-7-9-23(17(22)3)30(38)39/h7-16,27H,5-6H2,1-4H3,(H,38,39)/b25-16+/t27-/m1/s1. The van der Waals surface area contributed by atoms with Gasteiger partial charge in [0, 0.05) is 29.8 Å². The largest absolute Gasteiger partial charge is 0.478 e. The Morgan fingerprint density at radius 3 is 2.46 bits per heavy atom. The molecule has 0 saturated heterocycles. The second-order valence-electron chi connectivity index (χ2n) is 9.60. The highest BCUT2D eigenvalue weighted by molar-refractivity contribution is 7.07. The van der Waals surface area contributed by atoms with Crippen LogP contribution in [-0.2, 0) is 4.79 Å². The van der Waals surface area contributed by atoms with Crippen LogP contribution in [0.15, 0.2) is 80.1 Å². The number of aromatic nitrogens is 1. The fourth-order valence-corrected chi connectivity index (χ4v) is 6.23. The van der Waals surface area contributed by atoms with Crippen LogP contribution in [-0.4, -0.2) is 39.5 Å². The Kier molecular flexibility index (Phi) is 7.84. The molecule has 0 saturated carbocycles. The van der Waals surface area contributed by atoms with Crippen LogP contribution in [0.1, 0.15) is 54.1 Å². The van der Waals surface area contributed by atoms with E-state index in [9.17, 15) is 19.5 Å². The van der Waals surface area contributed by atoms with Gasteiger partial charge in [-0.25, -0.2) is 9.79 Å². The third-order valence-corrected chi connectivity index (χ3v) is 8.45. The summed E-state index contributed by atoms with van der Waals surface area (Å²) in [5.41, 5.74) is 2.90. The molecule has 10 heteroatoms. The number of hydrogen-bond acceptors (Lipinski definition) is 6. The van der Waals surface area contributed by atoms with Crippen LogP contribution in [0.2, 0.25) is 5.02 Å². The lowest BCUT2D eigenvalue weighted by molar-refractivity contribution is -0.127. The molecule has 8 nitrogen and oxygen atoms in total. The van der Waals surface area contributed by atoms with Gasteiger partial charge in [0.2, 0.25) is 0 Å². The number of rotatable bonds is 7. The number of furan rings is 1. The lowest BCUT2D eigenvalue weighted by atomic mass is 9.94. The zero-order valence-electron chi connectivity index (χ0n) is 23.0. The van der Waals surface area contributed by atoms with Crippen LogP contribution in [0.25, 0.3) is 17.4 Å². The number of thiazole rings is 1. The molecule has 1 amide bonds. The zero-order valence-corrected chi connectivity index (χ0v) is 24.5. The van der Waals surface area contributed by atoms with Gasteiger partial charge in [-0.05, 0) is 69.2 Å². The van der Waals surface area contributed by atoms with Crippen molar-refractivity contribution in [3.8, 4) is 11.3 Å². The maximum atomic E-state index is 13.9. The summed E-state index contributed by atoms with van der Waals surface area (Å²) in [6.45, 7) is 8.42. The molecule has 3 heterocycles. The SMILES string of the molecule is CCN(CC)C(=O)C1=C(C)N=c2s/c(=C/c3ccc(-c4cccc(C(=O)O)c4C)o3)c(=O)n2[C@@H]1c1ccc(Cl)cc1. The number of likely N-dealkylation sites (N-methyl/N-ethyl adjacent to an activating group) is 1. The van der Waals surface area contributed by atoms with Gasteiger partial charge in [-0.2, -0.15) is 0 Å². The molecular weight excluding hydrogens is 562 g/mol. The summed E-state index contributed by atoms with van der Waals surface area (Å²) < 4.78 is 7.99. The molecule has 41 heavy (non-hydrogen) atoms. The molecule has 2 aromatic carbocycles. The van der Waals surface area contributed by atoms with Crippen molar-refractivity contribution in [2.45, 2.75) is 33.7 Å². The summed E-state index contributed by atoms with van der Waals surface area (Å²) in [4.78, 5) is 46.0. The number of allylic oxidation sites excluding steroid dienone is 1. The molecule has 1 aliphatic heterocycles. The lowest BCUT2D eigenvalue weighted by Crippen LogP contribution is -2.43. The Labute approximate surface area is 245 Å². The van der Waals surface area contributed by atoms with Gasteiger partial charge in [-0.3, -0.25) is 14.2 Å². The van der Waals surface area contributed by atoms with Gasteiger partial charge >= 0.3 is 5.97 Å².